The molecule has 14 heteroatoms. The van der Waals surface area contributed by atoms with Crippen LogP contribution in [0.5, 0.6) is 0 Å². The standard InChI is InChI=1S/C14H23NO13/c1-3(17)15-11-8(21)5(18)4(2-16)27-14(11,25)28-13(24)10-7(20)6(19)9(22)12(23)26-10/h4-12,16,18-23,25H,2H2,1H3,(H,15,17)/t4-,5-,6?,7?,8+,9?,10?,11-,12?,14-/m1/s1. The van der Waals surface area contributed by atoms with Gasteiger partial charge in [-0.3, -0.25) is 4.79 Å². The van der Waals surface area contributed by atoms with Gasteiger partial charge in [-0.2, -0.15) is 0 Å². The monoisotopic (exact) mass is 413 g/mol. The lowest BCUT2D eigenvalue weighted by Gasteiger charge is -2.46. The molecule has 5 unspecified atom stereocenters. The van der Waals surface area contributed by atoms with Crippen LogP contribution in [0.25, 0.3) is 0 Å². The molecule has 0 saturated carbocycles. The van der Waals surface area contributed by atoms with Crippen molar-refractivity contribution in [1.82, 2.24) is 5.32 Å². The molecular formula is C14H23NO13. The van der Waals surface area contributed by atoms with Crippen LogP contribution in [0.3, 0.4) is 0 Å². The number of carbonyl (C=O) groups excluding carboxylic acids is 2. The first-order valence-corrected chi connectivity index (χ1v) is 8.17. The summed E-state index contributed by atoms with van der Waals surface area (Å²) in [4.78, 5) is 23.7. The van der Waals surface area contributed by atoms with Crippen molar-refractivity contribution < 1.29 is 64.7 Å². The number of ether oxygens (including phenoxy) is 3. The van der Waals surface area contributed by atoms with Crippen LogP contribution >= 0.6 is 0 Å². The average molecular weight is 413 g/mol. The lowest BCUT2D eigenvalue weighted by molar-refractivity contribution is -0.413. The third-order valence-electron chi connectivity index (χ3n) is 4.39. The molecule has 162 valence electrons. The second-order valence-corrected chi connectivity index (χ2v) is 6.47. The van der Waals surface area contributed by atoms with Gasteiger partial charge in [0.15, 0.2) is 18.4 Å². The van der Waals surface area contributed by atoms with E-state index in [9.17, 15) is 50.4 Å². The topological polar surface area (TPSA) is 236 Å². The molecule has 0 aromatic carbocycles. The number of hydrogen-bond acceptors (Lipinski definition) is 13. The molecule has 0 spiro atoms. The summed E-state index contributed by atoms with van der Waals surface area (Å²) in [6.07, 6.45) is -15.6. The number of nitrogens with one attached hydrogen (secondary N) is 1. The van der Waals surface area contributed by atoms with Crippen molar-refractivity contribution in [3.05, 3.63) is 0 Å². The van der Waals surface area contributed by atoms with Gasteiger partial charge in [0, 0.05) is 6.92 Å². The first-order valence-electron chi connectivity index (χ1n) is 8.17. The molecule has 14 nitrogen and oxygen atoms in total. The first-order chi connectivity index (χ1) is 12.9. The second-order valence-electron chi connectivity index (χ2n) is 6.47. The number of aliphatic hydroxyl groups excluding tert-OH is 7. The number of aliphatic hydroxyl groups is 8. The zero-order chi connectivity index (χ0) is 21.4. The summed E-state index contributed by atoms with van der Waals surface area (Å²) in [6.45, 7) is 0.0681. The van der Waals surface area contributed by atoms with Crippen LogP contribution in [0.15, 0.2) is 0 Å². The number of esters is 1. The van der Waals surface area contributed by atoms with Gasteiger partial charge in [0.25, 0.3) is 0 Å². The molecule has 2 heterocycles. The van der Waals surface area contributed by atoms with E-state index in [1.807, 2.05) is 5.32 Å². The lowest BCUT2D eigenvalue weighted by Crippen LogP contribution is -2.72. The van der Waals surface area contributed by atoms with E-state index in [2.05, 4.69) is 4.74 Å². The van der Waals surface area contributed by atoms with Crippen molar-refractivity contribution in [3.63, 3.8) is 0 Å². The van der Waals surface area contributed by atoms with Crippen molar-refractivity contribution in [2.24, 2.45) is 0 Å². The number of carbonyl (C=O) groups is 2. The molecule has 2 fully saturated rings. The minimum absolute atomic E-state index is 0.820. The van der Waals surface area contributed by atoms with E-state index in [0.29, 0.717) is 0 Å². The van der Waals surface area contributed by atoms with Gasteiger partial charge in [-0.1, -0.05) is 0 Å². The molecule has 2 aliphatic rings. The zero-order valence-electron chi connectivity index (χ0n) is 14.5. The SMILES string of the molecule is CC(=O)N[C@@H]1[C@@H](O)[C@H](O)[C@@H](CO)O[C@@]1(O)OC(=O)C1OC(O)C(O)C(O)C1O. The highest BCUT2D eigenvalue weighted by atomic mass is 16.8. The van der Waals surface area contributed by atoms with Gasteiger partial charge in [0.05, 0.1) is 6.61 Å². The zero-order valence-corrected chi connectivity index (χ0v) is 14.5. The van der Waals surface area contributed by atoms with Gasteiger partial charge in [0.1, 0.15) is 36.6 Å². The Morgan fingerprint density at radius 3 is 2.14 bits per heavy atom. The summed E-state index contributed by atoms with van der Waals surface area (Å²) in [5.41, 5.74) is 0. The molecule has 2 rings (SSSR count). The normalized spacial score (nSPS) is 46.7. The van der Waals surface area contributed by atoms with Gasteiger partial charge in [-0.25, -0.2) is 4.79 Å². The fourth-order valence-corrected chi connectivity index (χ4v) is 2.88. The molecule has 2 aliphatic heterocycles. The molecule has 0 aromatic rings. The molecule has 0 bridgehead atoms. The molecular weight excluding hydrogens is 390 g/mol. The summed E-state index contributed by atoms with van der Waals surface area (Å²) >= 11 is 0. The van der Waals surface area contributed by atoms with Crippen molar-refractivity contribution in [1.29, 1.82) is 0 Å². The number of hydrogen-bond donors (Lipinski definition) is 9. The van der Waals surface area contributed by atoms with Crippen LogP contribution < -0.4 is 5.32 Å². The number of amides is 1. The van der Waals surface area contributed by atoms with E-state index in [1.165, 1.54) is 0 Å². The highest BCUT2D eigenvalue weighted by Gasteiger charge is 2.58. The van der Waals surface area contributed by atoms with E-state index in [0.717, 1.165) is 6.92 Å². The summed E-state index contributed by atoms with van der Waals surface area (Å²) in [5, 5.41) is 80.2. The summed E-state index contributed by atoms with van der Waals surface area (Å²) in [6, 6.07) is -1.92. The molecule has 28 heavy (non-hydrogen) atoms. The van der Waals surface area contributed by atoms with E-state index >= 15 is 0 Å². The molecule has 0 aromatic heterocycles. The maximum Gasteiger partial charge on any atom is 0.351 e. The van der Waals surface area contributed by atoms with Gasteiger partial charge in [0.2, 0.25) is 5.91 Å². The van der Waals surface area contributed by atoms with Crippen LogP contribution in [-0.4, -0.2) is 120 Å². The Bertz CT molecular complexity index is 590. The summed E-state index contributed by atoms with van der Waals surface area (Å²) in [7, 11) is 0. The maximum absolute atomic E-state index is 12.3. The van der Waals surface area contributed by atoms with Crippen LogP contribution in [-0.2, 0) is 23.8 Å². The van der Waals surface area contributed by atoms with Crippen molar-refractivity contribution >= 4 is 11.9 Å². The molecule has 2 saturated heterocycles. The van der Waals surface area contributed by atoms with Crippen LogP contribution in [0.4, 0.5) is 0 Å². The highest BCUT2D eigenvalue weighted by molar-refractivity contribution is 5.76. The van der Waals surface area contributed by atoms with Crippen LogP contribution in [0.1, 0.15) is 6.92 Å². The molecule has 0 aliphatic carbocycles. The fourth-order valence-electron chi connectivity index (χ4n) is 2.88. The Morgan fingerprint density at radius 2 is 1.61 bits per heavy atom. The Balaban J connectivity index is 2.26. The van der Waals surface area contributed by atoms with E-state index < -0.39 is 79.5 Å². The molecule has 1 amide bonds. The Hall–Kier alpha value is -1.46. The van der Waals surface area contributed by atoms with Gasteiger partial charge in [-0.05, 0) is 0 Å². The van der Waals surface area contributed by atoms with Gasteiger partial charge >= 0.3 is 11.9 Å². The van der Waals surface area contributed by atoms with E-state index in [4.69, 9.17) is 9.47 Å². The Kier molecular flexibility index (Phi) is 6.93. The molecule has 0 radical (unpaired) electrons. The van der Waals surface area contributed by atoms with Crippen molar-refractivity contribution in [2.45, 2.75) is 68.0 Å². The second kappa shape index (κ2) is 8.50. The minimum atomic E-state index is -3.14. The minimum Gasteiger partial charge on any atom is -0.404 e. The number of rotatable bonds is 4. The quantitative estimate of drug-likeness (QED) is 0.154. The van der Waals surface area contributed by atoms with Crippen LogP contribution in [0, 0.1) is 0 Å². The Morgan fingerprint density at radius 1 is 1.00 bits per heavy atom. The average Bonchev–Trinajstić information content (AvgIpc) is 2.62. The maximum atomic E-state index is 12.3. The molecule has 10 atom stereocenters. The predicted molar refractivity (Wildman–Crippen MR) is 81.5 cm³/mol. The first kappa shape index (κ1) is 22.8. The van der Waals surface area contributed by atoms with E-state index in [-0.39, 0.29) is 0 Å². The molecule has 9 N–H and O–H groups in total. The fraction of sp³-hybridized carbons (Fsp3) is 0.857. The Labute approximate surface area is 157 Å². The van der Waals surface area contributed by atoms with Crippen molar-refractivity contribution in [2.75, 3.05) is 6.61 Å². The summed E-state index contributed by atoms with van der Waals surface area (Å²) in [5.74, 6) is -5.57. The van der Waals surface area contributed by atoms with Crippen LogP contribution in [0.2, 0.25) is 0 Å². The predicted octanol–water partition coefficient (Wildman–Crippen LogP) is -6.41. The highest BCUT2D eigenvalue weighted by Crippen LogP contribution is 2.31. The summed E-state index contributed by atoms with van der Waals surface area (Å²) < 4.78 is 14.3. The third-order valence-corrected chi connectivity index (χ3v) is 4.39. The van der Waals surface area contributed by atoms with Crippen molar-refractivity contribution in [3.8, 4) is 0 Å². The third kappa shape index (κ3) is 4.25. The smallest absolute Gasteiger partial charge is 0.351 e. The largest absolute Gasteiger partial charge is 0.404 e. The van der Waals surface area contributed by atoms with E-state index in [1.54, 1.807) is 0 Å². The van der Waals surface area contributed by atoms with Gasteiger partial charge in [-0.15, -0.1) is 0 Å². The lowest BCUT2D eigenvalue weighted by atomic mass is 9.95. The van der Waals surface area contributed by atoms with Gasteiger partial charge < -0.3 is 60.4 Å².